The number of aliphatic hydroxyl groups excluding tert-OH is 2. The van der Waals surface area contributed by atoms with Gasteiger partial charge in [-0.2, -0.15) is 4.57 Å². The quantitative estimate of drug-likeness (QED) is 0.345. The average Bonchev–Trinajstić information content (AvgIpc) is 2.72. The van der Waals surface area contributed by atoms with Gasteiger partial charge in [-0.25, -0.2) is 4.79 Å². The van der Waals surface area contributed by atoms with Crippen molar-refractivity contribution >= 4 is 13.8 Å². The number of aliphatic hydroxyl groups is 2. The summed E-state index contributed by atoms with van der Waals surface area (Å²) in [4.78, 5) is 30.0. The molecule has 1 aromatic heterocycles. The Hall–Kier alpha value is -1.39. The molecule has 0 aliphatic carbocycles. The number of carboxylic acid groups (broad SMARTS) is 1. The normalized spacial score (nSPS) is 30.9. The molecule has 5 atom stereocenters. The van der Waals surface area contributed by atoms with Gasteiger partial charge in [0.15, 0.2) is 18.5 Å². The molecule has 1 aromatic rings. The molecule has 22 heavy (non-hydrogen) atoms. The van der Waals surface area contributed by atoms with Gasteiger partial charge < -0.3 is 34.4 Å². The van der Waals surface area contributed by atoms with Crippen LogP contribution in [0, 0.1) is 0 Å². The van der Waals surface area contributed by atoms with Gasteiger partial charge in [0.2, 0.25) is 0 Å². The highest BCUT2D eigenvalue weighted by molar-refractivity contribution is 7.44. The Morgan fingerprint density at radius 2 is 2.14 bits per heavy atom. The monoisotopic (exact) mass is 335 g/mol. The highest BCUT2D eigenvalue weighted by Gasteiger charge is 2.48. The third-order valence-corrected chi connectivity index (χ3v) is 3.58. The summed E-state index contributed by atoms with van der Waals surface area (Å²) in [5.41, 5.74) is -0.0630. The van der Waals surface area contributed by atoms with Crippen molar-refractivity contribution in [3.63, 3.8) is 0 Å². The minimum atomic E-state index is -4.98. The Bertz CT molecular complexity index is 603. The zero-order chi connectivity index (χ0) is 16.5. The topological polar surface area (TPSA) is 160 Å². The molecule has 10 nitrogen and oxygen atoms in total. The van der Waals surface area contributed by atoms with Crippen LogP contribution in [0.25, 0.3) is 0 Å². The van der Waals surface area contributed by atoms with Crippen LogP contribution in [0.4, 0.5) is 0 Å². The first kappa shape index (κ1) is 17.0. The van der Waals surface area contributed by atoms with E-state index in [1.165, 1.54) is 29.1 Å². The lowest BCUT2D eigenvalue weighted by Gasteiger charge is -2.19. The fraction of sp³-hybridized carbons (Fsp3) is 0.455. The second-order valence-electron chi connectivity index (χ2n) is 4.66. The molecule has 0 bridgehead atoms. The first-order chi connectivity index (χ1) is 10.2. The van der Waals surface area contributed by atoms with E-state index in [-0.39, 0.29) is 5.56 Å². The fourth-order valence-corrected chi connectivity index (χ4v) is 2.39. The number of carbonyl (C=O) groups is 1. The first-order valence-electron chi connectivity index (χ1n) is 6.13. The zero-order valence-corrected chi connectivity index (χ0v) is 11.9. The van der Waals surface area contributed by atoms with Crippen LogP contribution in [0.5, 0.6) is 0 Å². The Kier molecular flexibility index (Phi) is 4.93. The first-order valence-corrected chi connectivity index (χ1v) is 7.62. The summed E-state index contributed by atoms with van der Waals surface area (Å²) in [6.07, 6.45) is -2.65. The van der Waals surface area contributed by atoms with Gasteiger partial charge in [0.05, 0.1) is 6.61 Å². The summed E-state index contributed by atoms with van der Waals surface area (Å²) in [6, 6.07) is 2.74. The molecule has 2 heterocycles. The van der Waals surface area contributed by atoms with Gasteiger partial charge >= 0.3 is 5.97 Å². The number of aromatic nitrogens is 1. The minimum absolute atomic E-state index is 0.0630. The van der Waals surface area contributed by atoms with Crippen LogP contribution < -0.4 is 9.46 Å². The summed E-state index contributed by atoms with van der Waals surface area (Å²) < 4.78 is 21.2. The molecule has 2 rings (SSSR count). The number of ether oxygens (including phenoxy) is 1. The molecular weight excluding hydrogens is 321 g/mol. The van der Waals surface area contributed by atoms with E-state index in [1.807, 2.05) is 0 Å². The number of hydrogen-bond acceptors (Lipinski definition) is 7. The Balaban J connectivity index is 2.14. The maximum absolute atomic E-state index is 10.9. The van der Waals surface area contributed by atoms with Crippen LogP contribution in [-0.2, 0) is 13.8 Å². The molecule has 1 unspecified atom stereocenters. The number of carboxylic acids is 1. The average molecular weight is 335 g/mol. The minimum Gasteiger partial charge on any atom is -0.756 e. The van der Waals surface area contributed by atoms with Gasteiger partial charge in [0.1, 0.15) is 17.8 Å². The van der Waals surface area contributed by atoms with Gasteiger partial charge in [0, 0.05) is 6.07 Å². The Morgan fingerprint density at radius 1 is 1.45 bits per heavy atom. The van der Waals surface area contributed by atoms with Crippen molar-refractivity contribution in [3.8, 4) is 0 Å². The van der Waals surface area contributed by atoms with Gasteiger partial charge in [-0.3, -0.25) is 4.57 Å². The van der Waals surface area contributed by atoms with Crippen LogP contribution in [0.15, 0.2) is 24.5 Å². The fourth-order valence-electron chi connectivity index (χ4n) is 2.06. The SMILES string of the molecule is O=C(O)c1ccc[n+]([C@@H]2O[C@H](COP(=O)([O-])O)[C@@H](O)[C@@H]2O)c1. The van der Waals surface area contributed by atoms with Crippen molar-refractivity contribution < 1.29 is 48.3 Å². The van der Waals surface area contributed by atoms with Crippen molar-refractivity contribution in [2.75, 3.05) is 6.61 Å². The van der Waals surface area contributed by atoms with E-state index < -0.39 is 44.9 Å². The van der Waals surface area contributed by atoms with Crippen molar-refractivity contribution in [2.24, 2.45) is 0 Å². The third-order valence-electron chi connectivity index (χ3n) is 3.10. The van der Waals surface area contributed by atoms with E-state index in [2.05, 4.69) is 4.52 Å². The molecule has 0 saturated carbocycles. The van der Waals surface area contributed by atoms with E-state index in [0.717, 1.165) is 0 Å². The number of rotatable bonds is 5. The second kappa shape index (κ2) is 6.39. The van der Waals surface area contributed by atoms with Crippen LogP contribution >= 0.6 is 7.82 Å². The number of aromatic carboxylic acids is 1. The molecule has 0 radical (unpaired) electrons. The van der Waals surface area contributed by atoms with Crippen molar-refractivity contribution in [1.29, 1.82) is 0 Å². The van der Waals surface area contributed by atoms with Crippen molar-refractivity contribution in [3.05, 3.63) is 30.1 Å². The Morgan fingerprint density at radius 3 is 2.73 bits per heavy atom. The summed E-state index contributed by atoms with van der Waals surface area (Å²) in [5, 5.41) is 28.7. The third kappa shape index (κ3) is 3.87. The van der Waals surface area contributed by atoms with Gasteiger partial charge in [-0.15, -0.1) is 0 Å². The van der Waals surface area contributed by atoms with Crippen LogP contribution in [0.1, 0.15) is 16.6 Å². The maximum atomic E-state index is 10.9. The summed E-state index contributed by atoms with van der Waals surface area (Å²) in [7, 11) is -4.98. The molecule has 1 saturated heterocycles. The van der Waals surface area contributed by atoms with Crippen LogP contribution in [0.2, 0.25) is 0 Å². The molecule has 0 aromatic carbocycles. The van der Waals surface area contributed by atoms with Crippen LogP contribution in [-0.4, -0.2) is 51.1 Å². The molecule has 4 N–H and O–H groups in total. The van der Waals surface area contributed by atoms with E-state index in [0.29, 0.717) is 0 Å². The number of pyridine rings is 1. The maximum Gasteiger partial charge on any atom is 0.341 e. The number of phosphoric ester groups is 1. The predicted octanol–water partition coefficient (Wildman–Crippen LogP) is -2.23. The molecule has 1 aliphatic heterocycles. The molecule has 11 heteroatoms. The van der Waals surface area contributed by atoms with E-state index in [4.69, 9.17) is 14.7 Å². The predicted molar refractivity (Wildman–Crippen MR) is 65.3 cm³/mol. The zero-order valence-electron chi connectivity index (χ0n) is 11.1. The van der Waals surface area contributed by atoms with E-state index in [9.17, 15) is 24.5 Å². The highest BCUT2D eigenvalue weighted by atomic mass is 31.2. The molecule has 1 aliphatic rings. The molecule has 122 valence electrons. The molecule has 1 fully saturated rings. The lowest BCUT2D eigenvalue weighted by Crippen LogP contribution is -2.46. The smallest absolute Gasteiger partial charge is 0.341 e. The number of phosphoric acid groups is 1. The molecular formula is C11H14NO9P. The lowest BCUT2D eigenvalue weighted by atomic mass is 10.1. The van der Waals surface area contributed by atoms with E-state index >= 15 is 0 Å². The van der Waals surface area contributed by atoms with Crippen molar-refractivity contribution in [1.82, 2.24) is 0 Å². The van der Waals surface area contributed by atoms with Gasteiger partial charge in [0.25, 0.3) is 14.1 Å². The molecule has 0 spiro atoms. The number of hydrogen-bond donors (Lipinski definition) is 4. The standard InChI is InChI=1S/C11H14NO9P/c13-8-7(5-20-22(17,18)19)21-10(9(8)14)12-3-1-2-6(4-12)11(15)16/h1-4,7-10,13-14H,5H2,(H2-,15,16,17,18,19)/t7-,8-,9+,10-/m1/s1. The largest absolute Gasteiger partial charge is 0.756 e. The summed E-state index contributed by atoms with van der Waals surface area (Å²) in [6.45, 7) is -0.689. The summed E-state index contributed by atoms with van der Waals surface area (Å²) in [5.74, 6) is -1.19. The van der Waals surface area contributed by atoms with E-state index in [1.54, 1.807) is 0 Å². The Labute approximate surface area is 124 Å². The molecule has 0 amide bonds. The van der Waals surface area contributed by atoms with Gasteiger partial charge in [-0.1, -0.05) is 0 Å². The number of nitrogens with zero attached hydrogens (tertiary/aromatic N) is 1. The van der Waals surface area contributed by atoms with Crippen molar-refractivity contribution in [2.45, 2.75) is 24.5 Å². The van der Waals surface area contributed by atoms with Crippen LogP contribution in [0.3, 0.4) is 0 Å². The second-order valence-corrected chi connectivity index (χ2v) is 5.85. The van der Waals surface area contributed by atoms with Gasteiger partial charge in [-0.05, 0) is 6.07 Å². The lowest BCUT2D eigenvalue weighted by molar-refractivity contribution is -0.765. The summed E-state index contributed by atoms with van der Waals surface area (Å²) >= 11 is 0. The highest BCUT2D eigenvalue weighted by Crippen LogP contribution is 2.33.